The van der Waals surface area contributed by atoms with E-state index in [4.69, 9.17) is 9.47 Å². The van der Waals surface area contributed by atoms with Crippen molar-refractivity contribution in [3.8, 4) is 0 Å². The quantitative estimate of drug-likeness (QED) is 0.0664. The third-order valence-electron chi connectivity index (χ3n) is 8.30. The first-order chi connectivity index (χ1) is 20.7. The van der Waals surface area contributed by atoms with Gasteiger partial charge in [-0.3, -0.25) is 0 Å². The van der Waals surface area contributed by atoms with Crippen molar-refractivity contribution < 1.29 is 19.1 Å². The topological polar surface area (TPSA) is 52.6 Å². The number of carbonyl (C=O) groups is 2. The third-order valence-corrected chi connectivity index (χ3v) is 8.30. The molecule has 1 rings (SSSR count). The van der Waals surface area contributed by atoms with Crippen LogP contribution in [-0.4, -0.2) is 25.2 Å². The Morgan fingerprint density at radius 2 is 0.690 bits per heavy atom. The van der Waals surface area contributed by atoms with E-state index < -0.39 is 0 Å². The van der Waals surface area contributed by atoms with E-state index in [2.05, 4.69) is 13.8 Å². The molecule has 0 amide bonds. The van der Waals surface area contributed by atoms with Gasteiger partial charge in [0.15, 0.2) is 0 Å². The molecule has 4 heteroatoms. The molecule has 0 atom stereocenters. The van der Waals surface area contributed by atoms with Crippen molar-refractivity contribution >= 4 is 11.9 Å². The van der Waals surface area contributed by atoms with Gasteiger partial charge in [0.2, 0.25) is 0 Å². The van der Waals surface area contributed by atoms with Crippen LogP contribution in [0.1, 0.15) is 202 Å². The smallest absolute Gasteiger partial charge is 0.338 e. The van der Waals surface area contributed by atoms with Gasteiger partial charge in [0.25, 0.3) is 0 Å². The number of esters is 2. The summed E-state index contributed by atoms with van der Waals surface area (Å²) in [6.07, 6.45) is 33.6. The Morgan fingerprint density at radius 1 is 0.429 bits per heavy atom. The number of rotatable bonds is 30. The fourth-order valence-electron chi connectivity index (χ4n) is 5.51. The van der Waals surface area contributed by atoms with Crippen molar-refractivity contribution in [2.45, 2.75) is 181 Å². The molecular weight excluding hydrogens is 520 g/mol. The predicted molar refractivity (Wildman–Crippen MR) is 178 cm³/mol. The normalized spacial score (nSPS) is 11.1. The molecule has 0 aromatic heterocycles. The molecule has 0 heterocycles. The minimum Gasteiger partial charge on any atom is -0.462 e. The second-order valence-electron chi connectivity index (χ2n) is 12.3. The number of unbranched alkanes of at least 4 members (excludes halogenated alkanes) is 24. The van der Waals surface area contributed by atoms with Gasteiger partial charge in [0.1, 0.15) is 0 Å². The van der Waals surface area contributed by atoms with Gasteiger partial charge in [0, 0.05) is 0 Å². The highest BCUT2D eigenvalue weighted by Crippen LogP contribution is 2.15. The Labute approximate surface area is 260 Å². The molecule has 0 bridgehead atoms. The van der Waals surface area contributed by atoms with Crippen LogP contribution in [-0.2, 0) is 9.47 Å². The highest BCUT2D eigenvalue weighted by molar-refractivity contribution is 5.95. The zero-order valence-corrected chi connectivity index (χ0v) is 27.7. The fraction of sp³-hybridized carbons (Fsp3) is 0.789. The zero-order chi connectivity index (χ0) is 30.4. The van der Waals surface area contributed by atoms with Crippen LogP contribution in [0, 0.1) is 0 Å². The van der Waals surface area contributed by atoms with Crippen molar-refractivity contribution in [3.63, 3.8) is 0 Å². The van der Waals surface area contributed by atoms with Crippen LogP contribution in [0.15, 0.2) is 24.3 Å². The van der Waals surface area contributed by atoms with Crippen LogP contribution in [0.5, 0.6) is 0 Å². The van der Waals surface area contributed by atoms with Crippen LogP contribution >= 0.6 is 0 Å². The summed E-state index contributed by atoms with van der Waals surface area (Å²) >= 11 is 0. The first-order valence-electron chi connectivity index (χ1n) is 18.1. The van der Waals surface area contributed by atoms with Gasteiger partial charge < -0.3 is 9.47 Å². The molecule has 0 saturated carbocycles. The molecule has 1 aromatic carbocycles. The lowest BCUT2D eigenvalue weighted by Crippen LogP contribution is -2.10. The first-order valence-corrected chi connectivity index (χ1v) is 18.1. The third kappa shape index (κ3) is 22.7. The average Bonchev–Trinajstić information content (AvgIpc) is 3.01. The van der Waals surface area contributed by atoms with E-state index in [1.165, 1.54) is 141 Å². The summed E-state index contributed by atoms with van der Waals surface area (Å²) in [6, 6.07) is 6.73. The van der Waals surface area contributed by atoms with Gasteiger partial charge in [-0.25, -0.2) is 9.59 Å². The Hall–Kier alpha value is -1.84. The molecule has 0 radical (unpaired) electrons. The van der Waals surface area contributed by atoms with Crippen LogP contribution < -0.4 is 0 Å². The molecule has 0 N–H and O–H groups in total. The number of carbonyl (C=O) groups excluding carboxylic acids is 2. The average molecular weight is 587 g/mol. The molecule has 4 nitrogen and oxygen atoms in total. The molecule has 0 saturated heterocycles. The maximum atomic E-state index is 12.5. The number of ether oxygens (including phenoxy) is 2. The van der Waals surface area contributed by atoms with E-state index >= 15 is 0 Å². The number of benzene rings is 1. The van der Waals surface area contributed by atoms with Gasteiger partial charge >= 0.3 is 11.9 Å². The van der Waals surface area contributed by atoms with E-state index in [0.29, 0.717) is 24.3 Å². The van der Waals surface area contributed by atoms with Crippen LogP contribution in [0.4, 0.5) is 0 Å². The first kappa shape index (κ1) is 38.2. The maximum absolute atomic E-state index is 12.5. The van der Waals surface area contributed by atoms with Gasteiger partial charge in [-0.1, -0.05) is 174 Å². The monoisotopic (exact) mass is 586 g/mol. The van der Waals surface area contributed by atoms with E-state index in [0.717, 1.165) is 25.7 Å². The molecule has 0 fully saturated rings. The highest BCUT2D eigenvalue weighted by atomic mass is 16.5. The lowest BCUT2D eigenvalue weighted by Gasteiger charge is -2.08. The molecule has 0 aliphatic heterocycles. The standard InChI is InChI=1S/C38H66O4/c1-3-5-7-9-11-13-15-17-19-21-23-25-27-32-41-37(39)35-30-29-31-36(34-35)38(40)42-33-28-26-24-22-20-18-16-14-12-10-8-6-4-2/h29-31,34H,3-28,32-33H2,1-2H3. The summed E-state index contributed by atoms with van der Waals surface area (Å²) in [5.74, 6) is -0.722. The molecule has 0 aliphatic carbocycles. The summed E-state index contributed by atoms with van der Waals surface area (Å²) in [5, 5.41) is 0. The Morgan fingerprint density at radius 3 is 0.976 bits per heavy atom. The summed E-state index contributed by atoms with van der Waals surface area (Å²) in [4.78, 5) is 24.9. The van der Waals surface area contributed by atoms with Crippen molar-refractivity contribution in [1.29, 1.82) is 0 Å². The van der Waals surface area contributed by atoms with Crippen LogP contribution in [0.2, 0.25) is 0 Å². The number of hydrogen-bond donors (Lipinski definition) is 0. The van der Waals surface area contributed by atoms with Crippen LogP contribution in [0.25, 0.3) is 0 Å². The van der Waals surface area contributed by atoms with Crippen molar-refractivity contribution in [1.82, 2.24) is 0 Å². The zero-order valence-electron chi connectivity index (χ0n) is 27.7. The fourth-order valence-corrected chi connectivity index (χ4v) is 5.51. The summed E-state index contributed by atoms with van der Waals surface area (Å²) < 4.78 is 10.9. The van der Waals surface area contributed by atoms with E-state index in [9.17, 15) is 9.59 Å². The molecule has 0 unspecified atom stereocenters. The Kier molecular flexibility index (Phi) is 26.6. The summed E-state index contributed by atoms with van der Waals surface area (Å²) in [5.41, 5.74) is 0.834. The van der Waals surface area contributed by atoms with Crippen molar-refractivity contribution in [2.24, 2.45) is 0 Å². The Bertz CT molecular complexity index is 700. The van der Waals surface area contributed by atoms with E-state index in [1.807, 2.05) is 0 Å². The lowest BCUT2D eigenvalue weighted by atomic mass is 10.0. The predicted octanol–water partition coefficient (Wildman–Crippen LogP) is 12.2. The summed E-state index contributed by atoms with van der Waals surface area (Å²) in [7, 11) is 0. The van der Waals surface area contributed by atoms with Crippen molar-refractivity contribution in [2.75, 3.05) is 13.2 Å². The molecular formula is C38H66O4. The van der Waals surface area contributed by atoms with Gasteiger partial charge in [-0.2, -0.15) is 0 Å². The maximum Gasteiger partial charge on any atom is 0.338 e. The SMILES string of the molecule is CCCCCCCCCCCCCCCOC(=O)c1cccc(C(=O)OCCCCCCCCCCCCCCC)c1. The van der Waals surface area contributed by atoms with Crippen molar-refractivity contribution in [3.05, 3.63) is 35.4 Å². The molecule has 1 aromatic rings. The van der Waals surface area contributed by atoms with Crippen LogP contribution in [0.3, 0.4) is 0 Å². The minimum absolute atomic E-state index is 0.361. The molecule has 42 heavy (non-hydrogen) atoms. The molecule has 0 aliphatic rings. The van der Waals surface area contributed by atoms with Gasteiger partial charge in [0.05, 0.1) is 24.3 Å². The molecule has 0 spiro atoms. The second kappa shape index (κ2) is 29.2. The van der Waals surface area contributed by atoms with E-state index in [1.54, 1.807) is 24.3 Å². The lowest BCUT2D eigenvalue weighted by molar-refractivity contribution is 0.0496. The number of hydrogen-bond acceptors (Lipinski definition) is 4. The van der Waals surface area contributed by atoms with E-state index in [-0.39, 0.29) is 11.9 Å². The Balaban J connectivity index is 2.01. The largest absolute Gasteiger partial charge is 0.462 e. The second-order valence-corrected chi connectivity index (χ2v) is 12.3. The van der Waals surface area contributed by atoms with Gasteiger partial charge in [-0.05, 0) is 31.0 Å². The molecule has 242 valence electrons. The van der Waals surface area contributed by atoms with Gasteiger partial charge in [-0.15, -0.1) is 0 Å². The summed E-state index contributed by atoms with van der Waals surface area (Å²) in [6.45, 7) is 5.41. The minimum atomic E-state index is -0.361. The highest BCUT2D eigenvalue weighted by Gasteiger charge is 2.12.